The van der Waals surface area contributed by atoms with Crippen molar-refractivity contribution >= 4 is 11.8 Å². The summed E-state index contributed by atoms with van der Waals surface area (Å²) in [5, 5.41) is 10.0. The lowest BCUT2D eigenvalue weighted by molar-refractivity contribution is 0.840. The van der Waals surface area contributed by atoms with Crippen molar-refractivity contribution in [3.8, 4) is 5.69 Å². The third-order valence-corrected chi connectivity index (χ3v) is 4.24. The molecule has 0 aliphatic carbocycles. The molecule has 0 saturated heterocycles. The third-order valence-electron chi connectivity index (χ3n) is 3.03. The zero-order valence-electron chi connectivity index (χ0n) is 11.3. The summed E-state index contributed by atoms with van der Waals surface area (Å²) in [5.41, 5.74) is 2.41. The highest BCUT2D eigenvalue weighted by Crippen LogP contribution is 2.27. The second-order valence-corrected chi connectivity index (χ2v) is 5.89. The fourth-order valence-electron chi connectivity index (χ4n) is 1.77. The average Bonchev–Trinajstić information content (AvgIpc) is 2.71. The Morgan fingerprint density at radius 1 is 1.22 bits per heavy atom. The van der Waals surface area contributed by atoms with Gasteiger partial charge in [-0.15, -0.1) is 10.2 Å². The maximum atomic E-state index is 4.30. The molecule has 0 bridgehead atoms. The van der Waals surface area contributed by atoms with Crippen molar-refractivity contribution in [1.82, 2.24) is 14.8 Å². The minimum atomic E-state index is 0.552. The van der Waals surface area contributed by atoms with Gasteiger partial charge >= 0.3 is 0 Å². The second-order valence-electron chi connectivity index (χ2n) is 4.49. The molecule has 2 rings (SSSR count). The summed E-state index contributed by atoms with van der Waals surface area (Å²) in [4.78, 5) is 0. The number of aromatic nitrogens is 3. The molecule has 1 heterocycles. The molecule has 0 saturated carbocycles. The first-order valence-electron chi connectivity index (χ1n) is 6.28. The molecule has 0 spiro atoms. The van der Waals surface area contributed by atoms with E-state index in [0.717, 1.165) is 17.4 Å². The molecule has 0 fully saturated rings. The summed E-state index contributed by atoms with van der Waals surface area (Å²) in [5.74, 6) is 0.940. The van der Waals surface area contributed by atoms with Crippen LogP contribution < -0.4 is 0 Å². The summed E-state index contributed by atoms with van der Waals surface area (Å²) in [6.45, 7) is 8.53. The van der Waals surface area contributed by atoms with Crippen LogP contribution in [0.25, 0.3) is 5.69 Å². The largest absolute Gasteiger partial charge is 0.274 e. The molecule has 96 valence electrons. The lowest BCUT2D eigenvalue weighted by atomic mass is 10.2. The zero-order chi connectivity index (χ0) is 13.1. The molecule has 1 aromatic carbocycles. The van der Waals surface area contributed by atoms with E-state index in [1.165, 1.54) is 11.3 Å². The van der Waals surface area contributed by atoms with E-state index in [9.17, 15) is 0 Å². The van der Waals surface area contributed by atoms with E-state index in [0.29, 0.717) is 5.25 Å². The fourth-order valence-corrected chi connectivity index (χ4v) is 2.72. The van der Waals surface area contributed by atoms with Crippen LogP contribution in [0, 0.1) is 13.8 Å². The van der Waals surface area contributed by atoms with Gasteiger partial charge in [0.25, 0.3) is 0 Å². The number of nitrogens with zero attached hydrogens (tertiary/aromatic N) is 3. The molecule has 1 unspecified atom stereocenters. The van der Waals surface area contributed by atoms with Crippen molar-refractivity contribution in [3.05, 3.63) is 35.7 Å². The molecule has 2 aromatic rings. The predicted octanol–water partition coefficient (Wildman–Crippen LogP) is 3.77. The molecular weight excluding hydrogens is 242 g/mol. The molecule has 18 heavy (non-hydrogen) atoms. The first kappa shape index (κ1) is 13.1. The third kappa shape index (κ3) is 2.58. The molecule has 0 amide bonds. The number of para-hydroxylation sites is 1. The van der Waals surface area contributed by atoms with Gasteiger partial charge in [-0.2, -0.15) is 0 Å². The molecule has 3 nitrogen and oxygen atoms in total. The first-order chi connectivity index (χ1) is 8.63. The number of rotatable bonds is 4. The van der Waals surface area contributed by atoms with Gasteiger partial charge in [0, 0.05) is 5.25 Å². The minimum absolute atomic E-state index is 0.552. The Morgan fingerprint density at radius 3 is 2.61 bits per heavy atom. The molecule has 1 atom stereocenters. The molecule has 1 aromatic heterocycles. The SMILES string of the molecule is CCC(C)Sc1nnc(C)n1-c1ccccc1C. The van der Waals surface area contributed by atoms with Gasteiger partial charge in [-0.05, 0) is 31.9 Å². The van der Waals surface area contributed by atoms with Gasteiger partial charge in [0.1, 0.15) is 5.82 Å². The lowest BCUT2D eigenvalue weighted by Crippen LogP contribution is -2.03. The zero-order valence-corrected chi connectivity index (χ0v) is 12.2. The Hall–Kier alpha value is -1.29. The summed E-state index contributed by atoms with van der Waals surface area (Å²) in [7, 11) is 0. The van der Waals surface area contributed by atoms with Crippen molar-refractivity contribution in [3.63, 3.8) is 0 Å². The monoisotopic (exact) mass is 261 g/mol. The van der Waals surface area contributed by atoms with Gasteiger partial charge in [-0.25, -0.2) is 0 Å². The first-order valence-corrected chi connectivity index (χ1v) is 7.16. The van der Waals surface area contributed by atoms with Crippen LogP contribution in [0.4, 0.5) is 0 Å². The van der Waals surface area contributed by atoms with Crippen molar-refractivity contribution in [1.29, 1.82) is 0 Å². The smallest absolute Gasteiger partial charge is 0.196 e. The maximum absolute atomic E-state index is 4.30. The summed E-state index contributed by atoms with van der Waals surface area (Å²) < 4.78 is 2.14. The normalized spacial score (nSPS) is 12.7. The second kappa shape index (κ2) is 5.57. The number of hydrogen-bond acceptors (Lipinski definition) is 3. The highest BCUT2D eigenvalue weighted by atomic mass is 32.2. The van der Waals surface area contributed by atoms with Crippen molar-refractivity contribution in [2.45, 2.75) is 44.5 Å². The Labute approximate surface area is 113 Å². The minimum Gasteiger partial charge on any atom is -0.274 e. The number of aryl methyl sites for hydroxylation is 2. The summed E-state index contributed by atoms with van der Waals surface area (Å²) in [6, 6.07) is 8.35. The highest BCUT2D eigenvalue weighted by Gasteiger charge is 2.14. The molecule has 0 radical (unpaired) electrons. The van der Waals surface area contributed by atoms with Crippen LogP contribution >= 0.6 is 11.8 Å². The molecule has 0 aliphatic heterocycles. The molecular formula is C14H19N3S. The highest BCUT2D eigenvalue weighted by molar-refractivity contribution is 7.99. The topological polar surface area (TPSA) is 30.7 Å². The van der Waals surface area contributed by atoms with Gasteiger partial charge in [0.15, 0.2) is 5.16 Å². The fraction of sp³-hybridized carbons (Fsp3) is 0.429. The van der Waals surface area contributed by atoms with Crippen LogP contribution in [0.2, 0.25) is 0 Å². The predicted molar refractivity (Wildman–Crippen MR) is 76.4 cm³/mol. The maximum Gasteiger partial charge on any atom is 0.196 e. The van der Waals surface area contributed by atoms with E-state index in [1.807, 2.05) is 6.92 Å². The van der Waals surface area contributed by atoms with Gasteiger partial charge in [0.05, 0.1) is 5.69 Å². The molecule has 0 aliphatic rings. The Balaban J connectivity index is 2.44. The number of thioether (sulfide) groups is 1. The van der Waals surface area contributed by atoms with Gasteiger partial charge in [-0.1, -0.05) is 43.8 Å². The van der Waals surface area contributed by atoms with Crippen molar-refractivity contribution in [2.75, 3.05) is 0 Å². The summed E-state index contributed by atoms with van der Waals surface area (Å²) in [6.07, 6.45) is 1.13. The van der Waals surface area contributed by atoms with E-state index in [1.54, 1.807) is 11.8 Å². The molecule has 4 heteroatoms. The average molecular weight is 261 g/mol. The number of hydrogen-bond donors (Lipinski definition) is 0. The van der Waals surface area contributed by atoms with Gasteiger partial charge in [0.2, 0.25) is 0 Å². The van der Waals surface area contributed by atoms with Crippen molar-refractivity contribution in [2.24, 2.45) is 0 Å². The Kier molecular flexibility index (Phi) is 4.07. The lowest BCUT2D eigenvalue weighted by Gasteiger charge is -2.13. The van der Waals surface area contributed by atoms with Crippen molar-refractivity contribution < 1.29 is 0 Å². The van der Waals surface area contributed by atoms with E-state index in [2.05, 4.69) is 59.8 Å². The van der Waals surface area contributed by atoms with Gasteiger partial charge in [-0.3, -0.25) is 4.57 Å². The Bertz CT molecular complexity index is 534. The van der Waals surface area contributed by atoms with E-state index < -0.39 is 0 Å². The van der Waals surface area contributed by atoms with Crippen LogP contribution in [0.5, 0.6) is 0 Å². The summed E-state index contributed by atoms with van der Waals surface area (Å²) >= 11 is 1.78. The van der Waals surface area contributed by atoms with Crippen LogP contribution in [-0.2, 0) is 0 Å². The van der Waals surface area contributed by atoms with Gasteiger partial charge < -0.3 is 0 Å². The van der Waals surface area contributed by atoms with E-state index >= 15 is 0 Å². The van der Waals surface area contributed by atoms with E-state index in [-0.39, 0.29) is 0 Å². The van der Waals surface area contributed by atoms with Crippen LogP contribution in [-0.4, -0.2) is 20.0 Å². The number of benzene rings is 1. The Morgan fingerprint density at radius 2 is 1.94 bits per heavy atom. The van der Waals surface area contributed by atoms with Crippen LogP contribution in [0.15, 0.2) is 29.4 Å². The van der Waals surface area contributed by atoms with Crippen LogP contribution in [0.3, 0.4) is 0 Å². The molecule has 0 N–H and O–H groups in total. The standard InChI is InChI=1S/C14H19N3S/c1-5-11(3)18-14-16-15-12(4)17(14)13-9-7-6-8-10(13)2/h6-9,11H,5H2,1-4H3. The quantitative estimate of drug-likeness (QED) is 0.785. The van der Waals surface area contributed by atoms with E-state index in [4.69, 9.17) is 0 Å². The van der Waals surface area contributed by atoms with Crippen LogP contribution in [0.1, 0.15) is 31.7 Å².